The number of aryl methyl sites for hydroxylation is 3. The quantitative estimate of drug-likeness (QED) is 0.233. The molecule has 6 heteroatoms. The van der Waals surface area contributed by atoms with E-state index in [4.69, 9.17) is 11.8 Å². The highest BCUT2D eigenvalue weighted by atomic mass is 16.7. The van der Waals surface area contributed by atoms with Crippen LogP contribution >= 0.6 is 0 Å². The lowest BCUT2D eigenvalue weighted by molar-refractivity contribution is -0.145. The first-order valence-corrected chi connectivity index (χ1v) is 14.3. The number of carbonyl (C=O) groups excluding carboxylic acids is 2. The molecule has 214 valence electrons. The van der Waals surface area contributed by atoms with Crippen molar-refractivity contribution < 1.29 is 19.3 Å². The van der Waals surface area contributed by atoms with Crippen molar-refractivity contribution in [3.8, 4) is 22.3 Å². The van der Waals surface area contributed by atoms with Gasteiger partial charge in [-0.2, -0.15) is 11.8 Å². The van der Waals surface area contributed by atoms with E-state index in [9.17, 15) is 9.59 Å². The highest BCUT2D eigenvalue weighted by Gasteiger charge is 2.15. The third-order valence-corrected chi connectivity index (χ3v) is 7.22. The minimum Gasteiger partial charge on any atom is -0.373 e. The Kier molecular flexibility index (Phi) is 11.5. The van der Waals surface area contributed by atoms with Gasteiger partial charge in [0, 0.05) is 0 Å². The normalized spacial score (nSPS) is 11.2. The summed E-state index contributed by atoms with van der Waals surface area (Å²) >= 11 is 0. The second-order valence-corrected chi connectivity index (χ2v) is 11.4. The van der Waals surface area contributed by atoms with Gasteiger partial charge < -0.3 is 9.68 Å². The van der Waals surface area contributed by atoms with Crippen molar-refractivity contribution in [2.75, 3.05) is 0 Å². The molecule has 0 aliphatic heterocycles. The topological polar surface area (TPSA) is 105 Å². The first kappa shape index (κ1) is 31.1. The van der Waals surface area contributed by atoms with Gasteiger partial charge in [0.15, 0.2) is 0 Å². The average Bonchev–Trinajstić information content (AvgIpc) is 2.94. The van der Waals surface area contributed by atoms with E-state index in [0.717, 1.165) is 30.4 Å². The lowest BCUT2D eigenvalue weighted by Crippen LogP contribution is -2.11. The van der Waals surface area contributed by atoms with Crippen LogP contribution in [0.25, 0.3) is 22.3 Å². The molecule has 4 N–H and O–H groups in total. The van der Waals surface area contributed by atoms with Crippen molar-refractivity contribution >= 4 is 11.9 Å². The van der Waals surface area contributed by atoms with Crippen LogP contribution in [-0.4, -0.2) is 11.9 Å². The number of hydrogen-bond donors (Lipinski definition) is 2. The number of nitrogens with two attached hydrogens (primary N) is 2. The molecule has 0 amide bonds. The maximum absolute atomic E-state index is 11.6. The molecule has 40 heavy (non-hydrogen) atoms. The second kappa shape index (κ2) is 14.8. The van der Waals surface area contributed by atoms with Crippen molar-refractivity contribution in [3.63, 3.8) is 0 Å². The molecule has 0 aliphatic carbocycles. The van der Waals surface area contributed by atoms with Gasteiger partial charge in [0.25, 0.3) is 0 Å². The number of hydrogen-bond acceptors (Lipinski definition) is 6. The zero-order chi connectivity index (χ0) is 29.2. The summed E-state index contributed by atoms with van der Waals surface area (Å²) in [5, 5.41) is 0. The van der Waals surface area contributed by atoms with Gasteiger partial charge in [0.1, 0.15) is 0 Å². The predicted octanol–water partition coefficient (Wildman–Crippen LogP) is 6.68. The largest absolute Gasteiger partial charge is 0.373 e. The summed E-state index contributed by atoms with van der Waals surface area (Å²) in [5.41, 5.74) is 10.9. The molecule has 3 aromatic rings. The SMILES string of the molecule is CCc1cc(-c2ccc(CCC(=O)ON)cc2CC(C)C)ccc1-c1ccc(CCC(=O)ON)c(CC(C)C)c1. The first-order chi connectivity index (χ1) is 19.1. The molecule has 0 spiro atoms. The first-order valence-electron chi connectivity index (χ1n) is 14.3. The average molecular weight is 545 g/mol. The molecule has 0 saturated heterocycles. The Morgan fingerprint density at radius 1 is 0.650 bits per heavy atom. The van der Waals surface area contributed by atoms with Gasteiger partial charge >= 0.3 is 11.9 Å². The van der Waals surface area contributed by atoms with Crippen molar-refractivity contribution in [2.45, 2.75) is 79.6 Å². The van der Waals surface area contributed by atoms with Crippen LogP contribution in [-0.2, 0) is 51.4 Å². The molecule has 0 fully saturated rings. The van der Waals surface area contributed by atoms with E-state index in [0.29, 0.717) is 24.7 Å². The van der Waals surface area contributed by atoms with Gasteiger partial charge in [0.2, 0.25) is 0 Å². The summed E-state index contributed by atoms with van der Waals surface area (Å²) in [4.78, 5) is 31.9. The smallest absolute Gasteiger partial charge is 0.324 e. The Balaban J connectivity index is 1.98. The van der Waals surface area contributed by atoms with Gasteiger partial charge in [-0.05, 0) is 94.0 Å². The highest BCUT2D eigenvalue weighted by Crippen LogP contribution is 2.34. The van der Waals surface area contributed by atoms with Gasteiger partial charge in [-0.25, -0.2) is 0 Å². The fourth-order valence-electron chi connectivity index (χ4n) is 5.30. The molecular formula is C34H44N2O4. The van der Waals surface area contributed by atoms with Crippen molar-refractivity contribution in [1.82, 2.24) is 0 Å². The Bertz CT molecular complexity index is 1310. The summed E-state index contributed by atoms with van der Waals surface area (Å²) in [6, 6.07) is 19.8. The van der Waals surface area contributed by atoms with Crippen LogP contribution in [0.1, 0.15) is 75.3 Å². The fraction of sp³-hybridized carbons (Fsp3) is 0.412. The van der Waals surface area contributed by atoms with Crippen LogP contribution in [0.15, 0.2) is 54.6 Å². The molecule has 0 aromatic heterocycles. The monoisotopic (exact) mass is 544 g/mol. The molecule has 3 rings (SSSR count). The molecule has 0 atom stereocenters. The van der Waals surface area contributed by atoms with E-state index < -0.39 is 11.9 Å². The van der Waals surface area contributed by atoms with E-state index >= 15 is 0 Å². The molecule has 3 aromatic carbocycles. The molecule has 0 bridgehead atoms. The lowest BCUT2D eigenvalue weighted by atomic mass is 9.87. The van der Waals surface area contributed by atoms with Crippen LogP contribution in [0.4, 0.5) is 0 Å². The Hall–Kier alpha value is -3.48. The van der Waals surface area contributed by atoms with Gasteiger partial charge in [-0.1, -0.05) is 89.2 Å². The van der Waals surface area contributed by atoms with E-state index in [2.05, 4.69) is 98.9 Å². The maximum atomic E-state index is 11.6. The number of benzene rings is 3. The number of carbonyl (C=O) groups is 2. The highest BCUT2D eigenvalue weighted by molar-refractivity contribution is 5.76. The lowest BCUT2D eigenvalue weighted by Gasteiger charge is -2.18. The Labute approximate surface area is 239 Å². The third-order valence-electron chi connectivity index (χ3n) is 7.22. The minimum atomic E-state index is -0.402. The second-order valence-electron chi connectivity index (χ2n) is 11.4. The summed E-state index contributed by atoms with van der Waals surface area (Å²) in [6.45, 7) is 11.1. The van der Waals surface area contributed by atoms with Gasteiger partial charge in [-0.3, -0.25) is 9.59 Å². The standard InChI is InChI=1S/C34H44N2O4/c1-6-25-20-28(32-13-7-24(8-15-33(37)39-35)19-30(32)18-23(4)5)11-14-31(25)27-10-9-26(12-16-34(38)40-36)29(21-27)17-22(2)3/h7,9-11,13-14,19-23H,6,8,12,15-18,35-36H2,1-5H3. The molecule has 0 saturated carbocycles. The summed E-state index contributed by atoms with van der Waals surface area (Å²) in [5.74, 6) is 10.2. The maximum Gasteiger partial charge on any atom is 0.324 e. The minimum absolute atomic E-state index is 0.264. The fourth-order valence-corrected chi connectivity index (χ4v) is 5.30. The van der Waals surface area contributed by atoms with E-state index in [-0.39, 0.29) is 12.8 Å². The van der Waals surface area contributed by atoms with Crippen LogP contribution in [0.2, 0.25) is 0 Å². The third kappa shape index (κ3) is 8.51. The number of rotatable bonds is 13. The molecule has 6 nitrogen and oxygen atoms in total. The molecule has 0 radical (unpaired) electrons. The van der Waals surface area contributed by atoms with Crippen LogP contribution in [0, 0.1) is 11.8 Å². The van der Waals surface area contributed by atoms with E-state index in [1.807, 2.05) is 0 Å². The Morgan fingerprint density at radius 3 is 1.77 bits per heavy atom. The summed E-state index contributed by atoms with van der Waals surface area (Å²) < 4.78 is 0. The van der Waals surface area contributed by atoms with Crippen LogP contribution in [0.3, 0.4) is 0 Å². The molecule has 0 heterocycles. The van der Waals surface area contributed by atoms with Crippen molar-refractivity contribution in [3.05, 3.63) is 82.4 Å². The zero-order valence-corrected chi connectivity index (χ0v) is 24.6. The van der Waals surface area contributed by atoms with Crippen LogP contribution < -0.4 is 11.8 Å². The zero-order valence-electron chi connectivity index (χ0n) is 24.6. The molecule has 0 aliphatic rings. The van der Waals surface area contributed by atoms with E-state index in [1.54, 1.807) is 0 Å². The van der Waals surface area contributed by atoms with Gasteiger partial charge in [-0.15, -0.1) is 0 Å². The molecular weight excluding hydrogens is 500 g/mol. The van der Waals surface area contributed by atoms with Crippen LogP contribution in [0.5, 0.6) is 0 Å². The summed E-state index contributed by atoms with van der Waals surface area (Å²) in [6.07, 6.45) is 4.54. The summed E-state index contributed by atoms with van der Waals surface area (Å²) in [7, 11) is 0. The Morgan fingerprint density at radius 2 is 1.18 bits per heavy atom. The molecule has 0 unspecified atom stereocenters. The predicted molar refractivity (Wildman–Crippen MR) is 161 cm³/mol. The van der Waals surface area contributed by atoms with Crippen molar-refractivity contribution in [1.29, 1.82) is 0 Å². The van der Waals surface area contributed by atoms with Gasteiger partial charge in [0.05, 0.1) is 12.8 Å². The van der Waals surface area contributed by atoms with Crippen molar-refractivity contribution in [2.24, 2.45) is 23.6 Å². The van der Waals surface area contributed by atoms with E-state index in [1.165, 1.54) is 38.9 Å².